The van der Waals surface area contributed by atoms with Crippen molar-refractivity contribution >= 4 is 0 Å². The molecule has 3 unspecified atom stereocenters. The fraction of sp³-hybridized carbons (Fsp3) is 0.625. The van der Waals surface area contributed by atoms with Gasteiger partial charge in [-0.3, -0.25) is 0 Å². The third-order valence-corrected chi connectivity index (χ3v) is 3.35. The molecule has 1 saturated heterocycles. The molecule has 0 bridgehead atoms. The standard InChI is InChI=1S/C16H24O3/c1-4-10-17-15-8-6-13(7-9-15)16-18-12(3)11-14(5-2)19-16/h6-9,12,14,16H,4-5,10-11H2,1-3H3. The predicted octanol–water partition coefficient (Wildman–Crippen LogP) is 4.08. The first kappa shape index (κ1) is 14.4. The van der Waals surface area contributed by atoms with E-state index in [0.29, 0.717) is 6.10 Å². The van der Waals surface area contributed by atoms with Crippen molar-refractivity contribution in [1.29, 1.82) is 0 Å². The Balaban J connectivity index is 2.00. The minimum absolute atomic E-state index is 0.242. The summed E-state index contributed by atoms with van der Waals surface area (Å²) in [5.41, 5.74) is 1.06. The molecule has 0 radical (unpaired) electrons. The molecule has 3 nitrogen and oxygen atoms in total. The molecule has 1 aliphatic heterocycles. The van der Waals surface area contributed by atoms with Crippen LogP contribution >= 0.6 is 0 Å². The third-order valence-electron chi connectivity index (χ3n) is 3.35. The van der Waals surface area contributed by atoms with Crippen molar-refractivity contribution in [3.63, 3.8) is 0 Å². The van der Waals surface area contributed by atoms with E-state index in [1.165, 1.54) is 0 Å². The second kappa shape index (κ2) is 6.92. The first-order chi connectivity index (χ1) is 9.22. The Kier molecular flexibility index (Phi) is 5.23. The van der Waals surface area contributed by atoms with Gasteiger partial charge in [0, 0.05) is 5.56 Å². The van der Waals surface area contributed by atoms with Crippen LogP contribution in [0.5, 0.6) is 5.75 Å². The lowest BCUT2D eigenvalue weighted by molar-refractivity contribution is -0.243. The van der Waals surface area contributed by atoms with Gasteiger partial charge in [-0.15, -0.1) is 0 Å². The molecule has 106 valence electrons. The maximum absolute atomic E-state index is 5.95. The first-order valence-electron chi connectivity index (χ1n) is 7.26. The van der Waals surface area contributed by atoms with Crippen LogP contribution in [0.15, 0.2) is 24.3 Å². The van der Waals surface area contributed by atoms with Gasteiger partial charge in [0.1, 0.15) is 5.75 Å². The van der Waals surface area contributed by atoms with Crippen molar-refractivity contribution in [2.75, 3.05) is 6.61 Å². The largest absolute Gasteiger partial charge is 0.494 e. The molecule has 0 saturated carbocycles. The number of benzene rings is 1. The molecular formula is C16H24O3. The van der Waals surface area contributed by atoms with Crippen LogP contribution < -0.4 is 4.74 Å². The topological polar surface area (TPSA) is 27.7 Å². The number of rotatable bonds is 5. The van der Waals surface area contributed by atoms with Crippen LogP contribution in [0.25, 0.3) is 0 Å². The summed E-state index contributed by atoms with van der Waals surface area (Å²) in [6.07, 6.45) is 3.33. The average molecular weight is 264 g/mol. The van der Waals surface area contributed by atoms with E-state index in [2.05, 4.69) is 20.8 Å². The van der Waals surface area contributed by atoms with Crippen LogP contribution in [0.4, 0.5) is 0 Å². The van der Waals surface area contributed by atoms with Crippen LogP contribution in [-0.4, -0.2) is 18.8 Å². The molecule has 3 heteroatoms. The zero-order valence-electron chi connectivity index (χ0n) is 12.1. The van der Waals surface area contributed by atoms with E-state index in [4.69, 9.17) is 14.2 Å². The van der Waals surface area contributed by atoms with Gasteiger partial charge in [0.15, 0.2) is 6.29 Å². The highest BCUT2D eigenvalue weighted by molar-refractivity contribution is 5.28. The van der Waals surface area contributed by atoms with Crippen molar-refractivity contribution in [1.82, 2.24) is 0 Å². The van der Waals surface area contributed by atoms with Gasteiger partial charge < -0.3 is 14.2 Å². The Labute approximate surface area is 115 Å². The molecule has 1 fully saturated rings. The lowest BCUT2D eigenvalue weighted by Crippen LogP contribution is -2.31. The SMILES string of the molecule is CCCOc1ccc(C2OC(C)CC(CC)O2)cc1. The van der Waals surface area contributed by atoms with E-state index in [9.17, 15) is 0 Å². The number of hydrogen-bond acceptors (Lipinski definition) is 3. The lowest BCUT2D eigenvalue weighted by Gasteiger charge is -2.34. The van der Waals surface area contributed by atoms with Crippen molar-refractivity contribution in [2.45, 2.75) is 58.5 Å². The molecule has 0 amide bonds. The van der Waals surface area contributed by atoms with Gasteiger partial charge in [0.05, 0.1) is 18.8 Å². The minimum atomic E-state index is -0.242. The van der Waals surface area contributed by atoms with Gasteiger partial charge in [-0.25, -0.2) is 0 Å². The van der Waals surface area contributed by atoms with Crippen molar-refractivity contribution in [2.24, 2.45) is 0 Å². The maximum atomic E-state index is 5.95. The Bertz CT molecular complexity index is 374. The highest BCUT2D eigenvalue weighted by atomic mass is 16.7. The second-order valence-corrected chi connectivity index (χ2v) is 5.10. The highest BCUT2D eigenvalue weighted by Gasteiger charge is 2.27. The zero-order valence-corrected chi connectivity index (χ0v) is 12.1. The summed E-state index contributed by atoms with van der Waals surface area (Å²) in [7, 11) is 0. The van der Waals surface area contributed by atoms with Crippen molar-refractivity contribution < 1.29 is 14.2 Å². The number of ether oxygens (including phenoxy) is 3. The van der Waals surface area contributed by atoms with Gasteiger partial charge in [-0.05, 0) is 38.3 Å². The summed E-state index contributed by atoms with van der Waals surface area (Å²) in [6.45, 7) is 7.12. The fourth-order valence-corrected chi connectivity index (χ4v) is 2.26. The minimum Gasteiger partial charge on any atom is -0.494 e. The monoisotopic (exact) mass is 264 g/mol. The molecule has 3 atom stereocenters. The average Bonchev–Trinajstić information content (AvgIpc) is 2.45. The summed E-state index contributed by atoms with van der Waals surface area (Å²) < 4.78 is 17.4. The summed E-state index contributed by atoms with van der Waals surface area (Å²) in [6, 6.07) is 8.02. The Hall–Kier alpha value is -1.06. The molecular weight excluding hydrogens is 240 g/mol. The Morgan fingerprint density at radius 3 is 2.53 bits per heavy atom. The molecule has 0 spiro atoms. The second-order valence-electron chi connectivity index (χ2n) is 5.10. The van der Waals surface area contributed by atoms with Gasteiger partial charge in [-0.1, -0.05) is 26.0 Å². The summed E-state index contributed by atoms with van der Waals surface area (Å²) >= 11 is 0. The fourth-order valence-electron chi connectivity index (χ4n) is 2.26. The van der Waals surface area contributed by atoms with Crippen LogP contribution in [0, 0.1) is 0 Å². The molecule has 0 aromatic heterocycles. The van der Waals surface area contributed by atoms with Crippen LogP contribution in [0.2, 0.25) is 0 Å². The molecule has 19 heavy (non-hydrogen) atoms. The molecule has 1 aliphatic rings. The highest BCUT2D eigenvalue weighted by Crippen LogP contribution is 2.31. The maximum Gasteiger partial charge on any atom is 0.184 e. The van der Waals surface area contributed by atoms with E-state index < -0.39 is 0 Å². The molecule has 1 heterocycles. The van der Waals surface area contributed by atoms with Crippen LogP contribution in [0.1, 0.15) is 51.9 Å². The zero-order chi connectivity index (χ0) is 13.7. The Morgan fingerprint density at radius 1 is 1.16 bits per heavy atom. The quantitative estimate of drug-likeness (QED) is 0.802. The van der Waals surface area contributed by atoms with E-state index >= 15 is 0 Å². The van der Waals surface area contributed by atoms with E-state index in [0.717, 1.165) is 37.2 Å². The van der Waals surface area contributed by atoms with Gasteiger partial charge in [0.25, 0.3) is 0 Å². The summed E-state index contributed by atoms with van der Waals surface area (Å²) in [4.78, 5) is 0. The normalized spacial score (nSPS) is 27.2. The summed E-state index contributed by atoms with van der Waals surface area (Å²) in [5, 5.41) is 0. The Morgan fingerprint density at radius 2 is 1.89 bits per heavy atom. The third kappa shape index (κ3) is 3.95. The summed E-state index contributed by atoms with van der Waals surface area (Å²) in [5.74, 6) is 0.904. The predicted molar refractivity (Wildman–Crippen MR) is 75.3 cm³/mol. The number of hydrogen-bond donors (Lipinski definition) is 0. The van der Waals surface area contributed by atoms with Crippen molar-refractivity contribution in [3.05, 3.63) is 29.8 Å². The van der Waals surface area contributed by atoms with Crippen molar-refractivity contribution in [3.8, 4) is 5.75 Å². The first-order valence-corrected chi connectivity index (χ1v) is 7.26. The lowest BCUT2D eigenvalue weighted by atomic mass is 10.1. The molecule has 2 rings (SSSR count). The van der Waals surface area contributed by atoms with E-state index in [1.54, 1.807) is 0 Å². The van der Waals surface area contributed by atoms with Gasteiger partial charge in [-0.2, -0.15) is 0 Å². The van der Waals surface area contributed by atoms with Crippen LogP contribution in [0.3, 0.4) is 0 Å². The van der Waals surface area contributed by atoms with E-state index in [-0.39, 0.29) is 12.4 Å². The molecule has 1 aromatic carbocycles. The smallest absolute Gasteiger partial charge is 0.184 e. The molecule has 0 N–H and O–H groups in total. The molecule has 0 aliphatic carbocycles. The van der Waals surface area contributed by atoms with Gasteiger partial charge >= 0.3 is 0 Å². The van der Waals surface area contributed by atoms with Gasteiger partial charge in [0.2, 0.25) is 0 Å². The molecule has 1 aromatic rings. The van der Waals surface area contributed by atoms with E-state index in [1.807, 2.05) is 24.3 Å². The van der Waals surface area contributed by atoms with Crippen LogP contribution in [-0.2, 0) is 9.47 Å².